The third-order valence-corrected chi connectivity index (χ3v) is 3.64. The van der Waals surface area contributed by atoms with Crippen molar-refractivity contribution in [1.82, 2.24) is 5.32 Å². The minimum Gasteiger partial charge on any atom is -0.309 e. The van der Waals surface area contributed by atoms with E-state index in [2.05, 4.69) is 5.32 Å². The summed E-state index contributed by atoms with van der Waals surface area (Å²) >= 11 is 1.61. The van der Waals surface area contributed by atoms with Gasteiger partial charge in [-0.25, -0.2) is 4.39 Å². The van der Waals surface area contributed by atoms with Crippen LogP contribution in [0.15, 0.2) is 29.6 Å². The molecule has 0 aliphatic heterocycles. The molecule has 0 aliphatic carbocycles. The van der Waals surface area contributed by atoms with Gasteiger partial charge < -0.3 is 5.32 Å². The second-order valence-electron chi connectivity index (χ2n) is 5.28. The van der Waals surface area contributed by atoms with Crippen LogP contribution in [0, 0.1) is 0 Å². The summed E-state index contributed by atoms with van der Waals surface area (Å²) < 4.78 is 15.3. The number of hydrogen-bond acceptors (Lipinski definition) is 2. The van der Waals surface area contributed by atoms with Gasteiger partial charge in [-0.05, 0) is 37.6 Å². The van der Waals surface area contributed by atoms with E-state index in [0.29, 0.717) is 6.54 Å². The fraction of sp³-hybridized carbons (Fsp3) is 0.429. The molecule has 17 heavy (non-hydrogen) atoms. The third-order valence-electron chi connectivity index (χ3n) is 2.66. The van der Waals surface area contributed by atoms with E-state index < -0.39 is 6.17 Å². The van der Waals surface area contributed by atoms with Gasteiger partial charge >= 0.3 is 0 Å². The van der Waals surface area contributed by atoms with Gasteiger partial charge in [0, 0.05) is 22.3 Å². The first kappa shape index (κ1) is 12.5. The summed E-state index contributed by atoms with van der Waals surface area (Å²) in [4.78, 5) is 0. The Morgan fingerprint density at radius 3 is 2.76 bits per heavy atom. The van der Waals surface area contributed by atoms with E-state index in [1.54, 1.807) is 11.3 Å². The summed E-state index contributed by atoms with van der Waals surface area (Å²) in [5, 5.41) is 6.35. The first-order valence-corrected chi connectivity index (χ1v) is 6.70. The fourth-order valence-electron chi connectivity index (χ4n) is 1.77. The number of benzene rings is 1. The van der Waals surface area contributed by atoms with Gasteiger partial charge in [-0.15, -0.1) is 11.3 Å². The van der Waals surface area contributed by atoms with Crippen molar-refractivity contribution in [3.63, 3.8) is 0 Å². The second kappa shape index (κ2) is 4.75. The topological polar surface area (TPSA) is 12.0 Å². The lowest BCUT2D eigenvalue weighted by Gasteiger charge is -2.22. The Morgan fingerprint density at radius 1 is 1.29 bits per heavy atom. The predicted octanol–water partition coefficient (Wildman–Crippen LogP) is 4.30. The Bertz CT molecular complexity index is 498. The highest BCUT2D eigenvalue weighted by Gasteiger charge is 2.17. The highest BCUT2D eigenvalue weighted by atomic mass is 32.1. The smallest absolute Gasteiger partial charge is 0.139 e. The Kier molecular flexibility index (Phi) is 3.50. The van der Waals surface area contributed by atoms with Crippen molar-refractivity contribution in [3.8, 4) is 0 Å². The van der Waals surface area contributed by atoms with Crippen LogP contribution >= 0.6 is 11.3 Å². The van der Waals surface area contributed by atoms with Crippen molar-refractivity contribution in [3.05, 3.63) is 35.2 Å². The average molecular weight is 251 g/mol. The Morgan fingerprint density at radius 2 is 2.06 bits per heavy atom. The average Bonchev–Trinajstić information content (AvgIpc) is 2.72. The van der Waals surface area contributed by atoms with Gasteiger partial charge in [-0.3, -0.25) is 0 Å². The van der Waals surface area contributed by atoms with Gasteiger partial charge in [0.05, 0.1) is 0 Å². The van der Waals surface area contributed by atoms with Crippen LogP contribution in [0.4, 0.5) is 4.39 Å². The van der Waals surface area contributed by atoms with Gasteiger partial charge in [0.15, 0.2) is 0 Å². The Hall–Kier alpha value is -0.930. The first-order valence-electron chi connectivity index (χ1n) is 5.82. The summed E-state index contributed by atoms with van der Waals surface area (Å²) in [6.07, 6.45) is -0.948. The lowest BCUT2D eigenvalue weighted by Crippen LogP contribution is -2.37. The second-order valence-corrected chi connectivity index (χ2v) is 6.20. The normalized spacial score (nSPS) is 14.1. The van der Waals surface area contributed by atoms with E-state index in [-0.39, 0.29) is 5.54 Å². The minimum atomic E-state index is -0.948. The number of thiophene rings is 1. The molecule has 1 unspecified atom stereocenters. The molecule has 3 heteroatoms. The molecule has 0 radical (unpaired) electrons. The Labute approximate surface area is 106 Å². The van der Waals surface area contributed by atoms with Crippen LogP contribution in [0.1, 0.15) is 32.5 Å². The van der Waals surface area contributed by atoms with Gasteiger partial charge in [-0.2, -0.15) is 0 Å². The maximum Gasteiger partial charge on any atom is 0.139 e. The molecule has 0 saturated carbocycles. The number of hydrogen-bond donors (Lipinski definition) is 1. The molecule has 1 heterocycles. The maximum absolute atomic E-state index is 14.2. The van der Waals surface area contributed by atoms with Crippen molar-refractivity contribution in [1.29, 1.82) is 0 Å². The quantitative estimate of drug-likeness (QED) is 0.857. The minimum absolute atomic E-state index is 0.0479. The standard InChI is InChI=1S/C14H18FNS/c1-14(2,3)16-9-12(15)11-6-4-5-10-7-8-17-13(10)11/h4-8,12,16H,9H2,1-3H3. The largest absolute Gasteiger partial charge is 0.309 e. The fourth-order valence-corrected chi connectivity index (χ4v) is 2.72. The molecule has 0 fully saturated rings. The van der Waals surface area contributed by atoms with Gasteiger partial charge in [0.1, 0.15) is 6.17 Å². The molecule has 0 spiro atoms. The molecular formula is C14H18FNS. The van der Waals surface area contributed by atoms with Crippen LogP contribution in [0.25, 0.3) is 10.1 Å². The van der Waals surface area contributed by atoms with Crippen molar-refractivity contribution in [2.75, 3.05) is 6.54 Å². The lowest BCUT2D eigenvalue weighted by molar-refractivity contribution is 0.293. The predicted molar refractivity (Wildman–Crippen MR) is 73.4 cm³/mol. The van der Waals surface area contributed by atoms with Crippen LogP contribution in [0.2, 0.25) is 0 Å². The summed E-state index contributed by atoms with van der Waals surface area (Å²) in [7, 11) is 0. The molecule has 0 aliphatic rings. The molecule has 1 aromatic heterocycles. The van der Waals surface area contributed by atoms with Gasteiger partial charge in [0.2, 0.25) is 0 Å². The zero-order valence-corrected chi connectivity index (χ0v) is 11.3. The Balaban J connectivity index is 2.19. The van der Waals surface area contributed by atoms with E-state index in [0.717, 1.165) is 15.6 Å². The third kappa shape index (κ3) is 3.05. The molecule has 1 nitrogen and oxygen atoms in total. The molecule has 1 atom stereocenters. The number of alkyl halides is 1. The summed E-state index contributed by atoms with van der Waals surface area (Å²) in [6, 6.07) is 7.87. The van der Waals surface area contributed by atoms with Gasteiger partial charge in [0.25, 0.3) is 0 Å². The molecule has 2 rings (SSSR count). The molecule has 1 aromatic carbocycles. The zero-order chi connectivity index (χ0) is 12.5. The molecule has 92 valence electrons. The van der Waals surface area contributed by atoms with Crippen LogP contribution in [-0.2, 0) is 0 Å². The summed E-state index contributed by atoms with van der Waals surface area (Å²) in [5.74, 6) is 0. The van der Waals surface area contributed by atoms with E-state index in [4.69, 9.17) is 0 Å². The van der Waals surface area contributed by atoms with Crippen LogP contribution in [-0.4, -0.2) is 12.1 Å². The number of rotatable bonds is 3. The first-order chi connectivity index (χ1) is 7.97. The van der Waals surface area contributed by atoms with E-state index in [1.807, 2.05) is 50.4 Å². The summed E-state index contributed by atoms with van der Waals surface area (Å²) in [5.41, 5.74) is 0.752. The molecule has 0 amide bonds. The van der Waals surface area contributed by atoms with Crippen molar-refractivity contribution < 1.29 is 4.39 Å². The number of fused-ring (bicyclic) bond motifs is 1. The highest BCUT2D eigenvalue weighted by Crippen LogP contribution is 2.30. The molecule has 1 N–H and O–H groups in total. The molecular weight excluding hydrogens is 233 g/mol. The molecule has 2 aromatic rings. The SMILES string of the molecule is CC(C)(C)NCC(F)c1cccc2ccsc12. The van der Waals surface area contributed by atoms with Crippen molar-refractivity contribution in [2.45, 2.75) is 32.5 Å². The summed E-state index contributed by atoms with van der Waals surface area (Å²) in [6.45, 7) is 6.50. The van der Waals surface area contributed by atoms with Crippen LogP contribution in [0.5, 0.6) is 0 Å². The zero-order valence-electron chi connectivity index (χ0n) is 10.5. The van der Waals surface area contributed by atoms with E-state index in [9.17, 15) is 4.39 Å². The van der Waals surface area contributed by atoms with Gasteiger partial charge in [-0.1, -0.05) is 18.2 Å². The lowest BCUT2D eigenvalue weighted by atomic mass is 10.1. The number of nitrogens with one attached hydrogen (secondary N) is 1. The highest BCUT2D eigenvalue weighted by molar-refractivity contribution is 7.17. The monoisotopic (exact) mass is 251 g/mol. The maximum atomic E-state index is 14.2. The van der Waals surface area contributed by atoms with E-state index >= 15 is 0 Å². The van der Waals surface area contributed by atoms with Crippen molar-refractivity contribution in [2.24, 2.45) is 0 Å². The van der Waals surface area contributed by atoms with Crippen LogP contribution < -0.4 is 5.32 Å². The van der Waals surface area contributed by atoms with Crippen LogP contribution in [0.3, 0.4) is 0 Å². The van der Waals surface area contributed by atoms with Crippen molar-refractivity contribution >= 4 is 21.4 Å². The number of halogens is 1. The molecule has 0 saturated heterocycles. The van der Waals surface area contributed by atoms with E-state index in [1.165, 1.54) is 0 Å². The molecule has 0 bridgehead atoms.